The van der Waals surface area contributed by atoms with E-state index in [1.807, 2.05) is 0 Å². The molecule has 0 saturated carbocycles. The summed E-state index contributed by atoms with van der Waals surface area (Å²) in [6.07, 6.45) is -6.78. The summed E-state index contributed by atoms with van der Waals surface area (Å²) < 4.78 is 21.8. The second-order valence-corrected chi connectivity index (χ2v) is 6.28. The minimum absolute atomic E-state index is 0.316. The lowest BCUT2D eigenvalue weighted by atomic mass is 9.89. The Morgan fingerprint density at radius 2 is 1.46 bits per heavy atom. The fourth-order valence-electron chi connectivity index (χ4n) is 3.07. The lowest BCUT2D eigenvalue weighted by Gasteiger charge is -2.46. The molecule has 142 valence electrons. The Hall–Kier alpha value is -0.400. The molecule has 0 aliphatic carbocycles. The van der Waals surface area contributed by atoms with Crippen molar-refractivity contribution >= 4 is 0 Å². The van der Waals surface area contributed by atoms with Gasteiger partial charge in [0.05, 0.1) is 37.5 Å². The van der Waals surface area contributed by atoms with Gasteiger partial charge in [-0.3, -0.25) is 0 Å². The molecule has 10 heteroatoms. The standard InChI is InChI=1S/C14H28N2O8/c1-5-6(3-17)22-14(8(15)10(5)19)24-12-7(4-18)23-13(21-2)9(16)11(12)20/h5-14,17-20H,3-4,15-16H2,1-2H3/t5-,6?,7+,8?,9?,10-,11?,12+,13-,14-/m0/s1. The number of methoxy groups -OCH3 is 1. The van der Waals surface area contributed by atoms with E-state index in [2.05, 4.69) is 0 Å². The Morgan fingerprint density at radius 3 is 2.00 bits per heavy atom. The molecule has 2 fully saturated rings. The maximum absolute atomic E-state index is 10.4. The summed E-state index contributed by atoms with van der Waals surface area (Å²) in [4.78, 5) is 0. The Balaban J connectivity index is 2.12. The summed E-state index contributed by atoms with van der Waals surface area (Å²) in [5.41, 5.74) is 11.8. The molecule has 2 saturated heterocycles. The van der Waals surface area contributed by atoms with Crippen LogP contribution in [0, 0.1) is 5.92 Å². The van der Waals surface area contributed by atoms with Crippen molar-refractivity contribution in [2.45, 2.75) is 62.1 Å². The van der Waals surface area contributed by atoms with Crippen LogP contribution in [0.15, 0.2) is 0 Å². The molecule has 8 N–H and O–H groups in total. The van der Waals surface area contributed by atoms with Crippen LogP contribution >= 0.6 is 0 Å². The molecule has 4 unspecified atom stereocenters. The van der Waals surface area contributed by atoms with Gasteiger partial charge < -0.3 is 50.8 Å². The van der Waals surface area contributed by atoms with E-state index in [1.54, 1.807) is 6.92 Å². The highest BCUT2D eigenvalue weighted by molar-refractivity contribution is 4.95. The van der Waals surface area contributed by atoms with Crippen molar-refractivity contribution in [3.63, 3.8) is 0 Å². The lowest BCUT2D eigenvalue weighted by molar-refractivity contribution is -0.321. The first-order valence-electron chi connectivity index (χ1n) is 7.93. The average Bonchev–Trinajstić information content (AvgIpc) is 2.59. The fraction of sp³-hybridized carbons (Fsp3) is 1.00. The van der Waals surface area contributed by atoms with Gasteiger partial charge in [0.25, 0.3) is 0 Å². The predicted octanol–water partition coefficient (Wildman–Crippen LogP) is -3.54. The summed E-state index contributed by atoms with van der Waals surface area (Å²) >= 11 is 0. The maximum Gasteiger partial charge on any atom is 0.176 e. The van der Waals surface area contributed by atoms with Gasteiger partial charge in [0, 0.05) is 13.0 Å². The Bertz CT molecular complexity index is 399. The van der Waals surface area contributed by atoms with E-state index in [-0.39, 0.29) is 12.5 Å². The molecule has 24 heavy (non-hydrogen) atoms. The van der Waals surface area contributed by atoms with Crippen LogP contribution in [-0.2, 0) is 18.9 Å². The number of ether oxygens (including phenoxy) is 4. The van der Waals surface area contributed by atoms with Crippen LogP contribution in [0.4, 0.5) is 0 Å². The molecule has 10 atom stereocenters. The van der Waals surface area contributed by atoms with Gasteiger partial charge in [0.1, 0.15) is 18.3 Å². The predicted molar refractivity (Wildman–Crippen MR) is 80.5 cm³/mol. The molecule has 0 aromatic carbocycles. The zero-order chi connectivity index (χ0) is 18.0. The highest BCUT2D eigenvalue weighted by atomic mass is 16.7. The first-order valence-corrected chi connectivity index (χ1v) is 7.93. The van der Waals surface area contributed by atoms with Gasteiger partial charge in [0.2, 0.25) is 0 Å². The van der Waals surface area contributed by atoms with Crippen LogP contribution < -0.4 is 11.5 Å². The highest BCUT2D eigenvalue weighted by Gasteiger charge is 2.48. The zero-order valence-electron chi connectivity index (χ0n) is 13.8. The van der Waals surface area contributed by atoms with Gasteiger partial charge in [-0.25, -0.2) is 0 Å². The molecule has 0 amide bonds. The largest absolute Gasteiger partial charge is 0.394 e. The zero-order valence-corrected chi connectivity index (χ0v) is 13.8. The third-order valence-corrected chi connectivity index (χ3v) is 4.75. The van der Waals surface area contributed by atoms with E-state index in [4.69, 9.17) is 30.4 Å². The molecule has 2 rings (SSSR count). The average molecular weight is 352 g/mol. The monoisotopic (exact) mass is 352 g/mol. The number of hydrogen-bond donors (Lipinski definition) is 6. The molecule has 0 radical (unpaired) electrons. The van der Waals surface area contributed by atoms with Crippen molar-refractivity contribution in [3.8, 4) is 0 Å². The molecule has 0 bridgehead atoms. The molecule has 2 aliphatic rings. The topological polar surface area (TPSA) is 170 Å². The molecule has 10 nitrogen and oxygen atoms in total. The molecule has 2 aliphatic heterocycles. The van der Waals surface area contributed by atoms with Gasteiger partial charge in [-0.15, -0.1) is 0 Å². The third kappa shape index (κ3) is 3.73. The number of hydrogen-bond acceptors (Lipinski definition) is 10. The van der Waals surface area contributed by atoms with Crippen LogP contribution in [0.2, 0.25) is 0 Å². The van der Waals surface area contributed by atoms with E-state index >= 15 is 0 Å². The van der Waals surface area contributed by atoms with Gasteiger partial charge in [-0.05, 0) is 0 Å². The molecular formula is C14H28N2O8. The summed E-state index contributed by atoms with van der Waals surface area (Å²) in [7, 11) is 1.37. The first-order chi connectivity index (χ1) is 11.3. The van der Waals surface area contributed by atoms with Gasteiger partial charge >= 0.3 is 0 Å². The minimum Gasteiger partial charge on any atom is -0.394 e. The summed E-state index contributed by atoms with van der Waals surface area (Å²) in [6, 6.07) is -1.80. The van der Waals surface area contributed by atoms with Gasteiger partial charge in [0.15, 0.2) is 12.6 Å². The Morgan fingerprint density at radius 1 is 0.917 bits per heavy atom. The van der Waals surface area contributed by atoms with Crippen molar-refractivity contribution in [2.24, 2.45) is 17.4 Å². The first kappa shape index (κ1) is 19.9. The van der Waals surface area contributed by atoms with E-state index in [1.165, 1.54) is 7.11 Å². The van der Waals surface area contributed by atoms with Gasteiger partial charge in [-0.1, -0.05) is 6.92 Å². The minimum atomic E-state index is -1.21. The number of rotatable bonds is 5. The highest BCUT2D eigenvalue weighted by Crippen LogP contribution is 2.29. The van der Waals surface area contributed by atoms with Gasteiger partial charge in [-0.2, -0.15) is 0 Å². The number of aliphatic hydroxyl groups excluding tert-OH is 4. The van der Waals surface area contributed by atoms with E-state index in [0.29, 0.717) is 0 Å². The van der Waals surface area contributed by atoms with E-state index < -0.39 is 61.8 Å². The lowest BCUT2D eigenvalue weighted by Crippen LogP contribution is -2.66. The fourth-order valence-corrected chi connectivity index (χ4v) is 3.07. The van der Waals surface area contributed by atoms with E-state index in [9.17, 15) is 20.4 Å². The van der Waals surface area contributed by atoms with Crippen molar-refractivity contribution < 1.29 is 39.4 Å². The van der Waals surface area contributed by atoms with Crippen molar-refractivity contribution in [1.82, 2.24) is 0 Å². The van der Waals surface area contributed by atoms with Crippen LogP contribution in [0.3, 0.4) is 0 Å². The quantitative estimate of drug-likeness (QED) is 0.291. The maximum atomic E-state index is 10.4. The molecule has 2 heterocycles. The van der Waals surface area contributed by atoms with Crippen LogP contribution in [-0.4, -0.2) is 95.9 Å². The van der Waals surface area contributed by atoms with Crippen LogP contribution in [0.5, 0.6) is 0 Å². The second kappa shape index (κ2) is 8.32. The van der Waals surface area contributed by atoms with Crippen LogP contribution in [0.1, 0.15) is 6.92 Å². The molecule has 0 aromatic rings. The number of aliphatic hydroxyl groups is 4. The van der Waals surface area contributed by atoms with E-state index in [0.717, 1.165) is 0 Å². The van der Waals surface area contributed by atoms with Crippen molar-refractivity contribution in [1.29, 1.82) is 0 Å². The molecule has 0 aromatic heterocycles. The second-order valence-electron chi connectivity index (χ2n) is 6.28. The summed E-state index contributed by atoms with van der Waals surface area (Å²) in [5, 5.41) is 39.4. The molecular weight excluding hydrogens is 324 g/mol. The SMILES string of the molecule is CO[C@H]1O[C@H](CO)[C@@H](O[C@@H]2OC(CO)[C@H](C)[C@H](O)C2N)C(O)C1N. The molecule has 0 spiro atoms. The Labute approximate surface area is 140 Å². The summed E-state index contributed by atoms with van der Waals surface area (Å²) in [5.74, 6) is -0.383. The van der Waals surface area contributed by atoms with Crippen molar-refractivity contribution in [2.75, 3.05) is 20.3 Å². The smallest absolute Gasteiger partial charge is 0.176 e. The third-order valence-electron chi connectivity index (χ3n) is 4.75. The van der Waals surface area contributed by atoms with Crippen molar-refractivity contribution in [3.05, 3.63) is 0 Å². The summed E-state index contributed by atoms with van der Waals surface area (Å²) in [6.45, 7) is 0.942. The Kier molecular flexibility index (Phi) is 6.90. The number of nitrogens with two attached hydrogens (primary N) is 2. The van der Waals surface area contributed by atoms with Crippen LogP contribution in [0.25, 0.3) is 0 Å². The normalized spacial score (nSPS) is 50.0.